The predicted molar refractivity (Wildman–Crippen MR) is 125 cm³/mol. The highest BCUT2D eigenvalue weighted by Crippen LogP contribution is 2.18. The second-order valence-corrected chi connectivity index (χ2v) is 8.03. The van der Waals surface area contributed by atoms with E-state index in [4.69, 9.17) is 0 Å². The number of aromatic nitrogens is 1. The predicted octanol–water partition coefficient (Wildman–Crippen LogP) is 8.63. The van der Waals surface area contributed by atoms with Crippen LogP contribution in [0, 0.1) is 6.92 Å². The maximum Gasteiger partial charge on any atom is 0.0733 e. The fourth-order valence-electron chi connectivity index (χ4n) is 3.86. The van der Waals surface area contributed by atoms with Crippen molar-refractivity contribution in [3.8, 4) is 0 Å². The third-order valence-electron chi connectivity index (χ3n) is 5.57. The van der Waals surface area contributed by atoms with E-state index in [0.29, 0.717) is 0 Å². The molecule has 0 aliphatic heterocycles. The summed E-state index contributed by atoms with van der Waals surface area (Å²) >= 11 is 0. The van der Waals surface area contributed by atoms with Crippen LogP contribution in [0.3, 0.4) is 0 Å². The Labute approximate surface area is 173 Å². The first-order valence-electron chi connectivity index (χ1n) is 11.7. The van der Waals surface area contributed by atoms with Crippen molar-refractivity contribution < 1.29 is 0 Å². The molecule has 1 heteroatoms. The molecule has 0 atom stereocenters. The molecule has 1 aromatic carbocycles. The average Bonchev–Trinajstić information content (AvgIpc) is 2.73. The van der Waals surface area contributed by atoms with Crippen LogP contribution >= 0.6 is 0 Å². The molecule has 0 N–H and O–H groups in total. The van der Waals surface area contributed by atoms with E-state index < -0.39 is 0 Å². The number of benzene rings is 1. The van der Waals surface area contributed by atoms with Gasteiger partial charge in [0.1, 0.15) is 0 Å². The molecule has 0 aliphatic rings. The summed E-state index contributed by atoms with van der Waals surface area (Å²) in [4.78, 5) is 4.56. The van der Waals surface area contributed by atoms with Crippen LogP contribution in [0.25, 0.3) is 10.9 Å². The van der Waals surface area contributed by atoms with Crippen molar-refractivity contribution in [2.24, 2.45) is 0 Å². The minimum Gasteiger partial charge on any atom is -0.256 e. The number of pyridine rings is 1. The number of allylic oxidation sites excluding steroid dienone is 2. The molecule has 0 amide bonds. The zero-order valence-electron chi connectivity index (χ0n) is 17.9. The van der Waals surface area contributed by atoms with E-state index >= 15 is 0 Å². The van der Waals surface area contributed by atoms with Crippen molar-refractivity contribution in [1.29, 1.82) is 0 Å². The monoisotopic (exact) mass is 378 g/mol. The van der Waals surface area contributed by atoms with Gasteiger partial charge in [-0.1, -0.05) is 101 Å². The molecule has 1 nitrogen and oxygen atoms in total. The number of fused-ring (bicyclic) bond motifs is 1. The van der Waals surface area contributed by atoms with Crippen LogP contribution in [-0.2, 0) is 6.42 Å². The van der Waals surface area contributed by atoms with Crippen molar-refractivity contribution >= 4 is 10.9 Å². The van der Waals surface area contributed by atoms with Crippen LogP contribution in [0.2, 0.25) is 0 Å². The molecule has 0 unspecified atom stereocenters. The van der Waals surface area contributed by atoms with E-state index in [2.05, 4.69) is 48.3 Å². The van der Waals surface area contributed by atoms with E-state index in [9.17, 15) is 0 Å². The molecule has 1 radical (unpaired) electrons. The molecule has 2 aromatic rings. The zero-order valence-corrected chi connectivity index (χ0v) is 17.9. The van der Waals surface area contributed by atoms with Gasteiger partial charge < -0.3 is 0 Å². The van der Waals surface area contributed by atoms with Crippen molar-refractivity contribution in [3.05, 3.63) is 61.2 Å². The maximum absolute atomic E-state index is 4.56. The molecular weight excluding hydrogens is 338 g/mol. The van der Waals surface area contributed by atoms with Crippen LogP contribution in [0.1, 0.15) is 95.5 Å². The Balaban J connectivity index is 1.41. The van der Waals surface area contributed by atoms with Crippen LogP contribution in [-0.4, -0.2) is 4.98 Å². The number of unbranched alkanes of at least 4 members (excludes halogenated alkanes) is 12. The van der Waals surface area contributed by atoms with Gasteiger partial charge in [0.2, 0.25) is 0 Å². The number of aryl methyl sites for hydroxylation is 1. The highest BCUT2D eigenvalue weighted by atomic mass is 14.6. The van der Waals surface area contributed by atoms with Gasteiger partial charge in [0.05, 0.1) is 5.52 Å². The fourth-order valence-corrected chi connectivity index (χ4v) is 3.86. The van der Waals surface area contributed by atoms with Gasteiger partial charge in [-0.2, -0.15) is 0 Å². The number of rotatable bonds is 16. The molecule has 2 rings (SSSR count). The molecule has 0 saturated carbocycles. The standard InChI is InChI=1S/C27H40N/c1-2-3-4-5-6-7-8-9-10-11-12-13-14-15-16-17-20-25-21-18-22-26-23-19-24-28-27(25)26/h9-10,18-19,21-24H,1-8,11-17,20H2/b10-9-. The molecule has 28 heavy (non-hydrogen) atoms. The summed E-state index contributed by atoms with van der Waals surface area (Å²) in [5, 5.41) is 1.27. The van der Waals surface area contributed by atoms with Crippen molar-refractivity contribution in [1.82, 2.24) is 4.98 Å². The van der Waals surface area contributed by atoms with Crippen LogP contribution in [0.4, 0.5) is 0 Å². The summed E-state index contributed by atoms with van der Waals surface area (Å²) < 4.78 is 0. The Morgan fingerprint density at radius 2 is 1.29 bits per heavy atom. The minimum absolute atomic E-state index is 1.10. The van der Waals surface area contributed by atoms with Gasteiger partial charge in [-0.15, -0.1) is 0 Å². The lowest BCUT2D eigenvalue weighted by molar-refractivity contribution is 0.596. The average molecular weight is 379 g/mol. The normalized spacial score (nSPS) is 11.6. The third-order valence-corrected chi connectivity index (χ3v) is 5.57. The fraction of sp³-hybridized carbons (Fsp3) is 0.556. The molecule has 0 fully saturated rings. The van der Waals surface area contributed by atoms with Gasteiger partial charge in [-0.3, -0.25) is 4.98 Å². The van der Waals surface area contributed by atoms with Gasteiger partial charge in [-0.05, 0) is 50.2 Å². The Morgan fingerprint density at radius 3 is 2.00 bits per heavy atom. The van der Waals surface area contributed by atoms with E-state index in [1.54, 1.807) is 0 Å². The summed E-state index contributed by atoms with van der Waals surface area (Å²) in [5.41, 5.74) is 2.60. The molecule has 0 saturated heterocycles. The number of hydrogen-bond donors (Lipinski definition) is 0. The molecule has 1 aromatic heterocycles. The summed E-state index contributed by atoms with van der Waals surface area (Å²) in [6, 6.07) is 10.7. The van der Waals surface area contributed by atoms with E-state index in [1.807, 2.05) is 12.3 Å². The SMILES string of the molecule is [CH2]CCCCCCC/C=C\CCCCCCCCc1cccc2cccnc12. The molecule has 153 valence electrons. The van der Waals surface area contributed by atoms with Gasteiger partial charge in [0.25, 0.3) is 0 Å². The molecule has 1 heterocycles. The van der Waals surface area contributed by atoms with Crippen LogP contribution < -0.4 is 0 Å². The largest absolute Gasteiger partial charge is 0.256 e. The summed E-state index contributed by atoms with van der Waals surface area (Å²) in [6.07, 6.45) is 26.4. The first-order chi connectivity index (χ1) is 13.9. The van der Waals surface area contributed by atoms with Gasteiger partial charge in [0.15, 0.2) is 0 Å². The minimum atomic E-state index is 1.10. The molecule has 0 spiro atoms. The number of para-hydroxylation sites is 1. The highest BCUT2D eigenvalue weighted by Gasteiger charge is 2.01. The second kappa shape index (κ2) is 15.3. The molecule has 0 bridgehead atoms. The van der Waals surface area contributed by atoms with Crippen molar-refractivity contribution in [2.45, 2.75) is 96.3 Å². The van der Waals surface area contributed by atoms with Crippen LogP contribution in [0.5, 0.6) is 0 Å². The van der Waals surface area contributed by atoms with Crippen molar-refractivity contribution in [3.63, 3.8) is 0 Å². The summed E-state index contributed by atoms with van der Waals surface area (Å²) in [5.74, 6) is 0. The number of hydrogen-bond acceptors (Lipinski definition) is 1. The highest BCUT2D eigenvalue weighted by molar-refractivity contribution is 5.81. The first-order valence-corrected chi connectivity index (χ1v) is 11.7. The Hall–Kier alpha value is -1.63. The first kappa shape index (κ1) is 22.7. The Morgan fingerprint density at radius 1 is 0.679 bits per heavy atom. The topological polar surface area (TPSA) is 12.9 Å². The van der Waals surface area contributed by atoms with E-state index in [0.717, 1.165) is 12.8 Å². The Bertz CT molecular complexity index is 653. The van der Waals surface area contributed by atoms with Gasteiger partial charge >= 0.3 is 0 Å². The van der Waals surface area contributed by atoms with Crippen LogP contribution in [0.15, 0.2) is 48.7 Å². The maximum atomic E-state index is 4.56. The lowest BCUT2D eigenvalue weighted by Crippen LogP contribution is -1.90. The molecular formula is C27H40N. The Kier molecular flexibility index (Phi) is 12.4. The quantitative estimate of drug-likeness (QED) is 0.210. The second-order valence-electron chi connectivity index (χ2n) is 8.03. The summed E-state index contributed by atoms with van der Waals surface area (Å²) in [7, 11) is 0. The smallest absolute Gasteiger partial charge is 0.0733 e. The lowest BCUT2D eigenvalue weighted by atomic mass is 10.0. The lowest BCUT2D eigenvalue weighted by Gasteiger charge is -2.05. The third kappa shape index (κ3) is 9.53. The van der Waals surface area contributed by atoms with E-state index in [1.165, 1.54) is 99.9 Å². The number of nitrogens with zero attached hydrogens (tertiary/aromatic N) is 1. The van der Waals surface area contributed by atoms with E-state index in [-0.39, 0.29) is 0 Å². The van der Waals surface area contributed by atoms with Gasteiger partial charge in [-0.25, -0.2) is 0 Å². The zero-order chi connectivity index (χ0) is 19.7. The molecule has 0 aliphatic carbocycles. The van der Waals surface area contributed by atoms with Crippen molar-refractivity contribution in [2.75, 3.05) is 0 Å². The van der Waals surface area contributed by atoms with Gasteiger partial charge in [0, 0.05) is 11.6 Å². The summed E-state index contributed by atoms with van der Waals surface area (Å²) in [6.45, 7) is 3.90.